The number of aliphatic carboxylic acids is 5. The molecule has 1 atom stereocenters. The fourth-order valence-corrected chi connectivity index (χ4v) is 3.74. The molecule has 37 heavy (non-hydrogen) atoms. The molecule has 13 nitrogen and oxygen atoms in total. The van der Waals surface area contributed by atoms with Crippen molar-refractivity contribution in [1.29, 1.82) is 0 Å². The van der Waals surface area contributed by atoms with Crippen LogP contribution in [0.5, 0.6) is 0 Å². The molecule has 0 saturated heterocycles. The first-order valence-corrected chi connectivity index (χ1v) is 10.6. The summed E-state index contributed by atoms with van der Waals surface area (Å²) in [7, 11) is 0. The zero-order valence-electron chi connectivity index (χ0n) is 19.7. The molecule has 0 bridgehead atoms. The molecule has 0 saturated carbocycles. The standard InChI is InChI=1S/C21H29N3O10.3ClH/c25-17(26)11-22(12-18(27)28)6-8-24(9-7-23(13-19(29)30)14-20(31)32)16(21(33)34)10-15-4-2-1-3-5-15;;;/h1-5,16H,6-14H2,(H,25,26)(H,27,28)(H,29,30)(H,31,32)(H,33,34);3*1H/t16-;;;/m0.../s1. The Morgan fingerprint density at radius 3 is 1.24 bits per heavy atom. The van der Waals surface area contributed by atoms with Crippen LogP contribution in [0.1, 0.15) is 5.56 Å². The van der Waals surface area contributed by atoms with Gasteiger partial charge in [0.2, 0.25) is 0 Å². The molecule has 1 aromatic rings. The van der Waals surface area contributed by atoms with Crippen molar-refractivity contribution in [3.05, 3.63) is 35.9 Å². The van der Waals surface area contributed by atoms with Gasteiger partial charge >= 0.3 is 29.8 Å². The molecule has 0 fully saturated rings. The Labute approximate surface area is 231 Å². The van der Waals surface area contributed by atoms with Gasteiger partial charge in [0, 0.05) is 6.42 Å². The summed E-state index contributed by atoms with van der Waals surface area (Å²) in [4.78, 5) is 57.5. The van der Waals surface area contributed by atoms with E-state index in [2.05, 4.69) is 0 Å². The van der Waals surface area contributed by atoms with Crippen molar-refractivity contribution in [2.45, 2.75) is 12.5 Å². The minimum atomic E-state index is -1.20. The topological polar surface area (TPSA) is 200 Å². The molecule has 0 amide bonds. The van der Waals surface area contributed by atoms with Crippen molar-refractivity contribution in [2.75, 3.05) is 52.4 Å². The van der Waals surface area contributed by atoms with E-state index in [1.54, 1.807) is 30.3 Å². The van der Waals surface area contributed by atoms with Crippen LogP contribution >= 0.6 is 0 Å². The second kappa shape index (κ2) is 20.4. The first-order valence-electron chi connectivity index (χ1n) is 10.6. The van der Waals surface area contributed by atoms with Crippen LogP contribution in [-0.2, 0) is 30.4 Å². The van der Waals surface area contributed by atoms with Gasteiger partial charge in [0.1, 0.15) is 26.2 Å². The summed E-state index contributed by atoms with van der Waals surface area (Å²) in [5.74, 6) is -5.92. The molecular formula is C21H32Cl3N3O10. The Kier molecular flexibility index (Phi) is 21.4. The largest absolute Gasteiger partial charge is 1.00 e. The van der Waals surface area contributed by atoms with Gasteiger partial charge in [0.15, 0.2) is 32.2 Å². The molecule has 0 aliphatic rings. The zero-order valence-corrected chi connectivity index (χ0v) is 22.0. The van der Waals surface area contributed by atoms with Crippen LogP contribution in [-0.4, -0.2) is 114 Å². The van der Waals surface area contributed by atoms with Gasteiger partial charge < -0.3 is 77.5 Å². The van der Waals surface area contributed by atoms with Crippen LogP contribution in [0.25, 0.3) is 0 Å². The summed E-state index contributed by atoms with van der Waals surface area (Å²) < 4.78 is 0. The Balaban J connectivity index is -0.00000385. The molecule has 0 spiro atoms. The zero-order chi connectivity index (χ0) is 25.7. The summed E-state index contributed by atoms with van der Waals surface area (Å²) in [6, 6.07) is 7.81. The van der Waals surface area contributed by atoms with E-state index in [1.165, 1.54) is 0 Å². The minimum absolute atomic E-state index is 0. The molecule has 8 N–H and O–H groups in total. The summed E-state index contributed by atoms with van der Waals surface area (Å²) in [6.07, 6.45) is 0.131. The Morgan fingerprint density at radius 2 is 0.946 bits per heavy atom. The lowest BCUT2D eigenvalue weighted by Gasteiger charge is -2.28. The number of hydrogen-bond acceptors (Lipinski definition) is 5. The van der Waals surface area contributed by atoms with Gasteiger partial charge in [-0.2, -0.15) is 0 Å². The number of hydrogen-bond donors (Lipinski definition) is 8. The molecule has 0 aliphatic carbocycles. The third-order valence-corrected chi connectivity index (χ3v) is 5.28. The van der Waals surface area contributed by atoms with Crippen LogP contribution in [0, 0.1) is 0 Å². The predicted molar refractivity (Wildman–Crippen MR) is 114 cm³/mol. The lowest BCUT2D eigenvalue weighted by molar-refractivity contribution is -0.982. The van der Waals surface area contributed by atoms with E-state index in [9.17, 15) is 29.1 Å². The molecule has 0 aliphatic heterocycles. The van der Waals surface area contributed by atoms with Crippen LogP contribution in [0.2, 0.25) is 0 Å². The first-order chi connectivity index (χ1) is 16.0. The maximum Gasteiger partial charge on any atom is 0.362 e. The van der Waals surface area contributed by atoms with Gasteiger partial charge in [-0.1, -0.05) is 30.3 Å². The molecule has 1 rings (SSSR count). The smallest absolute Gasteiger partial charge is 0.362 e. The molecule has 0 heterocycles. The van der Waals surface area contributed by atoms with E-state index in [-0.39, 0.29) is 79.6 Å². The summed E-state index contributed by atoms with van der Waals surface area (Å²) >= 11 is 0. The van der Waals surface area contributed by atoms with Gasteiger partial charge in [0.25, 0.3) is 0 Å². The van der Waals surface area contributed by atoms with Crippen molar-refractivity contribution in [3.63, 3.8) is 0 Å². The third kappa shape index (κ3) is 17.4. The van der Waals surface area contributed by atoms with Gasteiger partial charge in [0.05, 0.1) is 0 Å². The Hall–Kier alpha value is -2.68. The van der Waals surface area contributed by atoms with Crippen molar-refractivity contribution >= 4 is 29.8 Å². The average Bonchev–Trinajstić information content (AvgIpc) is 2.71. The molecule has 0 aromatic heterocycles. The number of quaternary nitrogens is 3. The highest BCUT2D eigenvalue weighted by Gasteiger charge is 2.33. The van der Waals surface area contributed by atoms with Gasteiger partial charge in [-0.15, -0.1) is 0 Å². The second-order valence-corrected chi connectivity index (χ2v) is 8.02. The second-order valence-electron chi connectivity index (χ2n) is 8.02. The third-order valence-electron chi connectivity index (χ3n) is 5.28. The fraction of sp³-hybridized carbons (Fsp3) is 0.476. The fourth-order valence-electron chi connectivity index (χ4n) is 3.74. The average molecular weight is 593 g/mol. The number of carboxylic acids is 5. The van der Waals surface area contributed by atoms with Crippen LogP contribution in [0.15, 0.2) is 30.3 Å². The van der Waals surface area contributed by atoms with Crippen molar-refractivity contribution in [1.82, 2.24) is 0 Å². The minimum Gasteiger partial charge on any atom is -1.00 e. The maximum absolute atomic E-state index is 12.1. The van der Waals surface area contributed by atoms with Crippen molar-refractivity contribution in [3.8, 4) is 0 Å². The predicted octanol–water partition coefficient (Wildman–Crippen LogP) is -14.3. The summed E-state index contributed by atoms with van der Waals surface area (Å²) in [5.41, 5.74) is 0.743. The number of nitrogens with one attached hydrogen (secondary N) is 3. The summed E-state index contributed by atoms with van der Waals surface area (Å²) in [5, 5.41) is 46.2. The summed E-state index contributed by atoms with van der Waals surface area (Å²) in [6.45, 7) is -1.60. The highest BCUT2D eigenvalue weighted by Crippen LogP contribution is 2.01. The SMILES string of the molecule is O=C(O)C[NH+](CC[NH+](CC[NH+](CC(=O)O)CC(=O)O)[C@@H](Cc1ccccc1)C(=O)O)CC(=O)O.[Cl-].[Cl-].[Cl-]. The quantitative estimate of drug-likeness (QED) is 0.0809. The van der Waals surface area contributed by atoms with Gasteiger partial charge in [-0.25, -0.2) is 24.0 Å². The number of carbonyl (C=O) groups is 5. The molecule has 0 radical (unpaired) electrons. The maximum atomic E-state index is 12.1. The molecule has 212 valence electrons. The van der Waals surface area contributed by atoms with E-state index in [1.807, 2.05) is 0 Å². The van der Waals surface area contributed by atoms with Gasteiger partial charge in [-0.3, -0.25) is 0 Å². The van der Waals surface area contributed by atoms with Crippen LogP contribution in [0.3, 0.4) is 0 Å². The molecular weight excluding hydrogens is 561 g/mol. The lowest BCUT2D eigenvalue weighted by atomic mass is 10.0. The van der Waals surface area contributed by atoms with Crippen molar-refractivity contribution < 1.29 is 101 Å². The highest BCUT2D eigenvalue weighted by molar-refractivity contribution is 5.72. The number of halogens is 3. The normalized spacial score (nSPS) is 11.1. The number of benzene rings is 1. The highest BCUT2D eigenvalue weighted by atomic mass is 35.5. The number of carboxylic acid groups (broad SMARTS) is 5. The first kappa shape index (κ1) is 38.8. The van der Waals surface area contributed by atoms with E-state index >= 15 is 0 Å². The van der Waals surface area contributed by atoms with Crippen molar-refractivity contribution in [2.24, 2.45) is 0 Å². The number of rotatable bonds is 18. The molecule has 0 unspecified atom stereocenters. The van der Waals surface area contributed by atoms with E-state index in [4.69, 9.17) is 20.4 Å². The van der Waals surface area contributed by atoms with E-state index < -0.39 is 62.1 Å². The van der Waals surface area contributed by atoms with Gasteiger partial charge in [-0.05, 0) is 5.56 Å². The molecule has 1 aromatic carbocycles. The molecule has 16 heteroatoms. The van der Waals surface area contributed by atoms with E-state index in [0.29, 0.717) is 4.90 Å². The van der Waals surface area contributed by atoms with E-state index in [0.717, 1.165) is 5.56 Å². The Bertz CT molecular complexity index is 791. The Morgan fingerprint density at radius 1 is 0.595 bits per heavy atom. The van der Waals surface area contributed by atoms with Crippen LogP contribution < -0.4 is 51.9 Å². The monoisotopic (exact) mass is 591 g/mol. The van der Waals surface area contributed by atoms with Crippen LogP contribution in [0.4, 0.5) is 0 Å². The lowest BCUT2D eigenvalue weighted by Crippen LogP contribution is -3.26.